The molecule has 0 aliphatic carbocycles. The molecule has 96 valence electrons. The minimum absolute atomic E-state index is 0.103. The summed E-state index contributed by atoms with van der Waals surface area (Å²) in [5, 5.41) is 2.98. The van der Waals surface area contributed by atoms with Gasteiger partial charge >= 0.3 is 5.97 Å². The van der Waals surface area contributed by atoms with Crippen molar-refractivity contribution in [2.45, 2.75) is 38.1 Å². The number of ether oxygens (including phenoxy) is 1. The zero-order chi connectivity index (χ0) is 12.1. The molecule has 0 radical (unpaired) electrons. The van der Waals surface area contributed by atoms with Gasteiger partial charge in [0.1, 0.15) is 6.04 Å². The van der Waals surface area contributed by atoms with Crippen LogP contribution in [0.4, 0.5) is 0 Å². The minimum Gasteiger partial charge on any atom is -0.464 e. The number of nitrogens with one attached hydrogen (secondary N) is 1. The number of amides is 1. The summed E-state index contributed by atoms with van der Waals surface area (Å²) in [4.78, 5) is 25.0. The molecule has 0 aromatic rings. The van der Waals surface area contributed by atoms with E-state index in [1.165, 1.54) is 12.8 Å². The van der Waals surface area contributed by atoms with Crippen molar-refractivity contribution in [3.8, 4) is 0 Å². The Kier molecular flexibility index (Phi) is 4.36. The van der Waals surface area contributed by atoms with Gasteiger partial charge in [-0.15, -0.1) is 0 Å². The largest absolute Gasteiger partial charge is 0.464 e. The van der Waals surface area contributed by atoms with Gasteiger partial charge in [-0.05, 0) is 12.8 Å². The summed E-state index contributed by atoms with van der Waals surface area (Å²) in [5.41, 5.74) is 0. The summed E-state index contributed by atoms with van der Waals surface area (Å²) in [7, 11) is 0. The molecule has 0 bridgehead atoms. The first kappa shape index (κ1) is 12.4. The highest BCUT2D eigenvalue weighted by atomic mass is 16.5. The second-order valence-electron chi connectivity index (χ2n) is 4.68. The Hall–Kier alpha value is -1.10. The predicted octanol–water partition coefficient (Wildman–Crippen LogP) is 0.294. The smallest absolute Gasteiger partial charge is 0.323 e. The highest BCUT2D eigenvalue weighted by molar-refractivity contribution is 5.81. The maximum atomic E-state index is 11.9. The van der Waals surface area contributed by atoms with Crippen LogP contribution in [0.25, 0.3) is 0 Å². The van der Waals surface area contributed by atoms with Gasteiger partial charge < -0.3 is 9.64 Å². The zero-order valence-electron chi connectivity index (χ0n) is 10.1. The van der Waals surface area contributed by atoms with Gasteiger partial charge in [-0.2, -0.15) is 0 Å². The van der Waals surface area contributed by atoms with Crippen LogP contribution in [-0.4, -0.2) is 49.1 Å². The Morgan fingerprint density at radius 2 is 2.00 bits per heavy atom. The Labute approximate surface area is 101 Å². The summed E-state index contributed by atoms with van der Waals surface area (Å²) in [6.45, 7) is 2.43. The molecular formula is C12H20N2O3. The van der Waals surface area contributed by atoms with Gasteiger partial charge in [0, 0.05) is 19.5 Å². The molecule has 0 saturated carbocycles. The molecule has 0 aromatic heterocycles. The van der Waals surface area contributed by atoms with Gasteiger partial charge in [0.15, 0.2) is 0 Å². The number of nitrogens with zero attached hydrogens (tertiary/aromatic N) is 1. The fraction of sp³-hybridized carbons (Fsp3) is 0.833. The van der Waals surface area contributed by atoms with Crippen molar-refractivity contribution in [3.63, 3.8) is 0 Å². The predicted molar refractivity (Wildman–Crippen MR) is 62.4 cm³/mol. The van der Waals surface area contributed by atoms with Crippen LogP contribution in [0.1, 0.15) is 32.1 Å². The SMILES string of the molecule is O=C1OCCC1NCC(=O)N1CCCCCC1. The molecule has 1 unspecified atom stereocenters. The molecule has 2 aliphatic heterocycles. The van der Waals surface area contributed by atoms with E-state index in [-0.39, 0.29) is 24.5 Å². The highest BCUT2D eigenvalue weighted by Crippen LogP contribution is 2.10. The van der Waals surface area contributed by atoms with E-state index in [4.69, 9.17) is 4.74 Å². The van der Waals surface area contributed by atoms with Crippen molar-refractivity contribution in [3.05, 3.63) is 0 Å². The molecule has 2 fully saturated rings. The number of cyclic esters (lactones) is 1. The Balaban J connectivity index is 1.74. The van der Waals surface area contributed by atoms with Crippen molar-refractivity contribution in [1.82, 2.24) is 10.2 Å². The Morgan fingerprint density at radius 3 is 2.59 bits per heavy atom. The fourth-order valence-electron chi connectivity index (χ4n) is 2.32. The second kappa shape index (κ2) is 6.00. The van der Waals surface area contributed by atoms with Gasteiger partial charge in [-0.25, -0.2) is 0 Å². The summed E-state index contributed by atoms with van der Waals surface area (Å²) < 4.78 is 4.84. The van der Waals surface area contributed by atoms with Gasteiger partial charge in [0.25, 0.3) is 0 Å². The van der Waals surface area contributed by atoms with Crippen LogP contribution >= 0.6 is 0 Å². The number of likely N-dealkylation sites (tertiary alicyclic amines) is 1. The summed E-state index contributed by atoms with van der Waals surface area (Å²) in [5.74, 6) is -0.125. The van der Waals surface area contributed by atoms with Crippen LogP contribution in [0, 0.1) is 0 Å². The van der Waals surface area contributed by atoms with Crippen molar-refractivity contribution in [2.75, 3.05) is 26.2 Å². The number of carbonyl (C=O) groups excluding carboxylic acids is 2. The molecular weight excluding hydrogens is 220 g/mol. The van der Waals surface area contributed by atoms with Gasteiger partial charge in [0.05, 0.1) is 13.2 Å². The quantitative estimate of drug-likeness (QED) is 0.721. The Bertz CT molecular complexity index is 285. The first-order valence-electron chi connectivity index (χ1n) is 6.45. The molecule has 1 amide bonds. The van der Waals surface area contributed by atoms with Gasteiger partial charge in [-0.1, -0.05) is 12.8 Å². The second-order valence-corrected chi connectivity index (χ2v) is 4.68. The molecule has 2 saturated heterocycles. The topological polar surface area (TPSA) is 58.6 Å². The lowest BCUT2D eigenvalue weighted by Crippen LogP contribution is -2.43. The normalized spacial score (nSPS) is 25.5. The van der Waals surface area contributed by atoms with Crippen molar-refractivity contribution >= 4 is 11.9 Å². The minimum atomic E-state index is -0.286. The fourth-order valence-corrected chi connectivity index (χ4v) is 2.32. The van der Waals surface area contributed by atoms with Crippen LogP contribution in [0.5, 0.6) is 0 Å². The lowest BCUT2D eigenvalue weighted by atomic mass is 10.2. The molecule has 5 heteroatoms. The summed E-state index contributed by atoms with van der Waals surface area (Å²) in [6, 6.07) is -0.286. The van der Waals surface area contributed by atoms with E-state index in [0.717, 1.165) is 25.9 Å². The molecule has 2 heterocycles. The monoisotopic (exact) mass is 240 g/mol. The van der Waals surface area contributed by atoms with Crippen LogP contribution in [0.2, 0.25) is 0 Å². The Morgan fingerprint density at radius 1 is 1.29 bits per heavy atom. The zero-order valence-corrected chi connectivity index (χ0v) is 10.1. The highest BCUT2D eigenvalue weighted by Gasteiger charge is 2.27. The van der Waals surface area contributed by atoms with Crippen LogP contribution in [0.15, 0.2) is 0 Å². The van der Waals surface area contributed by atoms with Crippen LogP contribution in [-0.2, 0) is 14.3 Å². The lowest BCUT2D eigenvalue weighted by molar-refractivity contribution is -0.139. The summed E-state index contributed by atoms with van der Waals surface area (Å²) in [6.07, 6.45) is 5.29. The van der Waals surface area contributed by atoms with E-state index >= 15 is 0 Å². The third kappa shape index (κ3) is 3.43. The first-order valence-corrected chi connectivity index (χ1v) is 6.45. The van der Waals surface area contributed by atoms with E-state index in [0.29, 0.717) is 13.0 Å². The van der Waals surface area contributed by atoms with Gasteiger partial charge in [-0.3, -0.25) is 14.9 Å². The molecule has 1 N–H and O–H groups in total. The third-order valence-electron chi connectivity index (χ3n) is 3.39. The number of hydrogen-bond acceptors (Lipinski definition) is 4. The number of esters is 1. The van der Waals surface area contributed by atoms with E-state index in [1.54, 1.807) is 0 Å². The summed E-state index contributed by atoms with van der Waals surface area (Å²) >= 11 is 0. The molecule has 0 spiro atoms. The van der Waals surface area contributed by atoms with Crippen molar-refractivity contribution < 1.29 is 14.3 Å². The number of rotatable bonds is 3. The molecule has 1 atom stereocenters. The third-order valence-corrected chi connectivity index (χ3v) is 3.39. The maximum Gasteiger partial charge on any atom is 0.323 e. The van der Waals surface area contributed by atoms with Crippen molar-refractivity contribution in [2.24, 2.45) is 0 Å². The average molecular weight is 240 g/mol. The van der Waals surface area contributed by atoms with Crippen LogP contribution in [0.3, 0.4) is 0 Å². The molecule has 2 aliphatic rings. The molecule has 5 nitrogen and oxygen atoms in total. The molecule has 2 rings (SSSR count). The van der Waals surface area contributed by atoms with Gasteiger partial charge in [0.2, 0.25) is 5.91 Å². The maximum absolute atomic E-state index is 11.9. The van der Waals surface area contributed by atoms with Crippen LogP contribution < -0.4 is 5.32 Å². The lowest BCUT2D eigenvalue weighted by Gasteiger charge is -2.21. The first-order chi connectivity index (χ1) is 8.27. The van der Waals surface area contributed by atoms with Crippen molar-refractivity contribution in [1.29, 1.82) is 0 Å². The standard InChI is InChI=1S/C12H20N2O3/c15-11(14-6-3-1-2-4-7-14)9-13-10-5-8-17-12(10)16/h10,13H,1-9H2. The average Bonchev–Trinajstić information content (AvgIpc) is 2.58. The molecule has 0 aromatic carbocycles. The molecule has 17 heavy (non-hydrogen) atoms. The van der Waals surface area contributed by atoms with E-state index in [2.05, 4.69) is 5.32 Å². The number of carbonyl (C=O) groups is 2. The van der Waals surface area contributed by atoms with E-state index in [1.807, 2.05) is 4.90 Å². The van der Waals surface area contributed by atoms with E-state index in [9.17, 15) is 9.59 Å². The number of hydrogen-bond donors (Lipinski definition) is 1. The van der Waals surface area contributed by atoms with E-state index < -0.39 is 0 Å².